The maximum Gasteiger partial charge on any atom is 0.293 e. The van der Waals surface area contributed by atoms with Crippen LogP contribution in [0.25, 0.3) is 0 Å². The third-order valence-electron chi connectivity index (χ3n) is 3.40. The van der Waals surface area contributed by atoms with E-state index in [0.717, 1.165) is 25.4 Å². The molecule has 0 aromatic carbocycles. The Morgan fingerprint density at radius 2 is 2.22 bits per heavy atom. The van der Waals surface area contributed by atoms with Crippen molar-refractivity contribution in [1.29, 1.82) is 0 Å². The average molecular weight is 249 g/mol. The van der Waals surface area contributed by atoms with Gasteiger partial charge in [-0.15, -0.1) is 0 Å². The summed E-state index contributed by atoms with van der Waals surface area (Å²) in [4.78, 5) is 16.1. The van der Waals surface area contributed by atoms with Crippen molar-refractivity contribution >= 4 is 5.82 Å². The highest BCUT2D eigenvalue weighted by molar-refractivity contribution is 5.31. The Kier molecular flexibility index (Phi) is 3.32. The van der Waals surface area contributed by atoms with Crippen molar-refractivity contribution in [2.75, 3.05) is 25.1 Å². The molecule has 1 aromatic rings. The standard InChI is InChI=1S/C13H19N3O2/c17-13-12(14-5-7-16(13)11-3-4-11)15-6-8-18-9-10-1-2-10/h5,7,10-11H,1-4,6,8-9H2,(H,14,15). The maximum atomic E-state index is 12.0. The molecule has 0 bridgehead atoms. The Bertz CT molecular complexity index is 464. The van der Waals surface area contributed by atoms with Crippen molar-refractivity contribution in [2.24, 2.45) is 5.92 Å². The smallest absolute Gasteiger partial charge is 0.293 e. The van der Waals surface area contributed by atoms with Crippen LogP contribution < -0.4 is 10.9 Å². The van der Waals surface area contributed by atoms with Gasteiger partial charge in [0.25, 0.3) is 5.56 Å². The molecule has 0 radical (unpaired) electrons. The summed E-state index contributed by atoms with van der Waals surface area (Å²) in [6, 6.07) is 0.396. The number of rotatable bonds is 7. The van der Waals surface area contributed by atoms with Crippen molar-refractivity contribution in [3.63, 3.8) is 0 Å². The molecule has 0 aliphatic heterocycles. The molecule has 1 N–H and O–H groups in total. The minimum atomic E-state index is -0.0119. The highest BCUT2D eigenvalue weighted by atomic mass is 16.5. The van der Waals surface area contributed by atoms with Crippen molar-refractivity contribution in [1.82, 2.24) is 9.55 Å². The third kappa shape index (κ3) is 2.90. The van der Waals surface area contributed by atoms with Gasteiger partial charge < -0.3 is 14.6 Å². The summed E-state index contributed by atoms with van der Waals surface area (Å²) in [5, 5.41) is 3.06. The number of aromatic nitrogens is 2. The molecule has 2 aliphatic carbocycles. The Labute approximate surface area is 106 Å². The molecule has 0 spiro atoms. The van der Waals surface area contributed by atoms with Gasteiger partial charge in [-0.3, -0.25) is 4.79 Å². The molecule has 5 heteroatoms. The fraction of sp³-hybridized carbons (Fsp3) is 0.692. The predicted molar refractivity (Wildman–Crippen MR) is 68.8 cm³/mol. The van der Waals surface area contributed by atoms with Crippen molar-refractivity contribution in [3.8, 4) is 0 Å². The van der Waals surface area contributed by atoms with Gasteiger partial charge in [-0.05, 0) is 31.6 Å². The van der Waals surface area contributed by atoms with Gasteiger partial charge in [0, 0.05) is 31.6 Å². The fourth-order valence-electron chi connectivity index (χ4n) is 1.96. The van der Waals surface area contributed by atoms with E-state index in [4.69, 9.17) is 4.74 Å². The molecule has 98 valence electrons. The zero-order chi connectivity index (χ0) is 12.4. The Morgan fingerprint density at radius 3 is 2.94 bits per heavy atom. The van der Waals surface area contributed by atoms with Crippen LogP contribution in [0.5, 0.6) is 0 Å². The van der Waals surface area contributed by atoms with Crippen molar-refractivity contribution < 1.29 is 4.74 Å². The van der Waals surface area contributed by atoms with Crippen molar-refractivity contribution in [3.05, 3.63) is 22.7 Å². The number of hydrogen-bond acceptors (Lipinski definition) is 4. The van der Waals surface area contributed by atoms with Gasteiger partial charge in [-0.2, -0.15) is 0 Å². The number of hydrogen-bond donors (Lipinski definition) is 1. The summed E-state index contributed by atoms with van der Waals surface area (Å²) >= 11 is 0. The largest absolute Gasteiger partial charge is 0.379 e. The molecule has 5 nitrogen and oxygen atoms in total. The quantitative estimate of drug-likeness (QED) is 0.742. The minimum absolute atomic E-state index is 0.0119. The first-order chi connectivity index (χ1) is 8.84. The molecule has 2 aliphatic rings. The summed E-state index contributed by atoms with van der Waals surface area (Å²) in [5.74, 6) is 1.23. The van der Waals surface area contributed by atoms with E-state index in [1.54, 1.807) is 17.0 Å². The first-order valence-electron chi connectivity index (χ1n) is 6.73. The van der Waals surface area contributed by atoms with Crippen LogP contribution in [0.3, 0.4) is 0 Å². The van der Waals surface area contributed by atoms with Crippen LogP contribution in [0.15, 0.2) is 17.2 Å². The molecule has 1 heterocycles. The third-order valence-corrected chi connectivity index (χ3v) is 3.40. The van der Waals surface area contributed by atoms with Crippen LogP contribution in [0.2, 0.25) is 0 Å². The lowest BCUT2D eigenvalue weighted by Crippen LogP contribution is -2.25. The lowest BCUT2D eigenvalue weighted by Gasteiger charge is -2.08. The van der Waals surface area contributed by atoms with E-state index in [0.29, 0.717) is 25.0 Å². The fourth-order valence-corrected chi connectivity index (χ4v) is 1.96. The van der Waals surface area contributed by atoms with Gasteiger partial charge >= 0.3 is 0 Å². The zero-order valence-electron chi connectivity index (χ0n) is 10.5. The first kappa shape index (κ1) is 11.7. The van der Waals surface area contributed by atoms with Gasteiger partial charge in [0.05, 0.1) is 6.61 Å². The molecule has 2 fully saturated rings. The monoisotopic (exact) mass is 249 g/mol. The van der Waals surface area contributed by atoms with E-state index in [1.165, 1.54) is 12.8 Å². The Balaban J connectivity index is 1.48. The summed E-state index contributed by atoms with van der Waals surface area (Å²) < 4.78 is 7.29. The van der Waals surface area contributed by atoms with Crippen LogP contribution in [-0.4, -0.2) is 29.3 Å². The first-order valence-corrected chi connectivity index (χ1v) is 6.73. The number of anilines is 1. The summed E-state index contributed by atoms with van der Waals surface area (Å²) in [5.41, 5.74) is -0.0119. The molecule has 18 heavy (non-hydrogen) atoms. The molecular formula is C13H19N3O2. The van der Waals surface area contributed by atoms with Crippen LogP contribution >= 0.6 is 0 Å². The van der Waals surface area contributed by atoms with Crippen LogP contribution in [0, 0.1) is 5.92 Å². The second-order valence-electron chi connectivity index (χ2n) is 5.16. The zero-order valence-corrected chi connectivity index (χ0v) is 10.5. The summed E-state index contributed by atoms with van der Waals surface area (Å²) in [6.45, 7) is 2.13. The predicted octanol–water partition coefficient (Wildman–Crippen LogP) is 1.42. The van der Waals surface area contributed by atoms with Crippen molar-refractivity contribution in [2.45, 2.75) is 31.7 Å². The van der Waals surface area contributed by atoms with E-state index in [2.05, 4.69) is 10.3 Å². The minimum Gasteiger partial charge on any atom is -0.379 e. The number of ether oxygens (including phenoxy) is 1. The van der Waals surface area contributed by atoms with Gasteiger partial charge in [-0.1, -0.05) is 0 Å². The van der Waals surface area contributed by atoms with Gasteiger partial charge in [0.15, 0.2) is 5.82 Å². The summed E-state index contributed by atoms with van der Waals surface area (Å²) in [6.07, 6.45) is 8.28. The van der Waals surface area contributed by atoms with E-state index in [-0.39, 0.29) is 5.56 Å². The Morgan fingerprint density at radius 1 is 1.39 bits per heavy atom. The van der Waals surface area contributed by atoms with E-state index in [1.807, 2.05) is 0 Å². The highest BCUT2D eigenvalue weighted by Gasteiger charge is 2.25. The van der Waals surface area contributed by atoms with Gasteiger partial charge in [-0.25, -0.2) is 4.98 Å². The van der Waals surface area contributed by atoms with Gasteiger partial charge in [0.2, 0.25) is 0 Å². The normalized spacial score (nSPS) is 18.9. The van der Waals surface area contributed by atoms with E-state index in [9.17, 15) is 4.79 Å². The lowest BCUT2D eigenvalue weighted by molar-refractivity contribution is 0.134. The van der Waals surface area contributed by atoms with Crippen LogP contribution in [-0.2, 0) is 4.74 Å². The molecule has 0 atom stereocenters. The second-order valence-corrected chi connectivity index (χ2v) is 5.16. The van der Waals surface area contributed by atoms with Gasteiger partial charge in [0.1, 0.15) is 0 Å². The molecule has 3 rings (SSSR count). The molecule has 0 unspecified atom stereocenters. The molecule has 0 amide bonds. The second kappa shape index (κ2) is 5.10. The van der Waals surface area contributed by atoms with Crippen LogP contribution in [0.1, 0.15) is 31.7 Å². The van der Waals surface area contributed by atoms with Crippen LogP contribution in [0.4, 0.5) is 5.82 Å². The SMILES string of the molecule is O=c1c(NCCOCC2CC2)nccn1C1CC1. The number of nitrogens with one attached hydrogen (secondary N) is 1. The summed E-state index contributed by atoms with van der Waals surface area (Å²) in [7, 11) is 0. The molecular weight excluding hydrogens is 230 g/mol. The van der Waals surface area contributed by atoms with E-state index < -0.39 is 0 Å². The lowest BCUT2D eigenvalue weighted by atomic mass is 10.5. The average Bonchev–Trinajstić information content (AvgIpc) is 3.25. The molecule has 0 saturated heterocycles. The molecule has 1 aromatic heterocycles. The van der Waals surface area contributed by atoms with E-state index >= 15 is 0 Å². The topological polar surface area (TPSA) is 56.1 Å². The molecule has 2 saturated carbocycles. The Hall–Kier alpha value is -1.36. The number of nitrogens with zero attached hydrogens (tertiary/aromatic N) is 2. The maximum absolute atomic E-state index is 12.0. The highest BCUT2D eigenvalue weighted by Crippen LogP contribution is 2.33.